The van der Waals surface area contributed by atoms with Gasteiger partial charge in [-0.2, -0.15) is 0 Å². The van der Waals surface area contributed by atoms with Crippen LogP contribution in [0.1, 0.15) is 41.6 Å². The predicted octanol–water partition coefficient (Wildman–Crippen LogP) is 2.92. The Labute approximate surface area is 120 Å². The van der Waals surface area contributed by atoms with Crippen molar-refractivity contribution in [2.45, 2.75) is 40.0 Å². The summed E-state index contributed by atoms with van der Waals surface area (Å²) in [6, 6.07) is 8.44. The number of hydrogen-bond acceptors (Lipinski definition) is 4. The number of rotatable bonds is 5. The summed E-state index contributed by atoms with van der Waals surface area (Å²) in [7, 11) is 0. The molecule has 20 heavy (non-hydrogen) atoms. The van der Waals surface area contributed by atoms with Gasteiger partial charge in [0, 0.05) is 18.2 Å². The maximum absolute atomic E-state index is 5.49. The third-order valence-corrected chi connectivity index (χ3v) is 3.12. The van der Waals surface area contributed by atoms with Crippen LogP contribution in [0.15, 0.2) is 24.3 Å². The van der Waals surface area contributed by atoms with Gasteiger partial charge in [0.05, 0.1) is 0 Å². The second kappa shape index (κ2) is 6.48. The van der Waals surface area contributed by atoms with Crippen molar-refractivity contribution < 1.29 is 0 Å². The first-order chi connectivity index (χ1) is 9.60. The molecule has 0 aliphatic heterocycles. The largest absolute Gasteiger partial charge is 0.308 e. The molecule has 1 aromatic heterocycles. The van der Waals surface area contributed by atoms with E-state index in [1.54, 1.807) is 0 Å². The standard InChI is InChI=1S/C16H22N4/c1-4-5-14-10-16(20-17)19-15(18-14)9-13-7-11(2)6-12(3)8-13/h6-8,10H,4-5,9,17H2,1-3H3,(H,18,19,20). The SMILES string of the molecule is CCCc1cc(NN)nc(Cc2cc(C)cc(C)c2)n1. The molecule has 0 amide bonds. The molecular weight excluding hydrogens is 248 g/mol. The van der Waals surface area contributed by atoms with Crippen molar-refractivity contribution in [3.8, 4) is 0 Å². The van der Waals surface area contributed by atoms with E-state index in [0.29, 0.717) is 5.82 Å². The van der Waals surface area contributed by atoms with E-state index in [4.69, 9.17) is 5.84 Å². The number of hydrogen-bond donors (Lipinski definition) is 2. The molecular formula is C16H22N4. The number of nitrogens with two attached hydrogens (primary N) is 1. The smallest absolute Gasteiger partial charge is 0.143 e. The highest BCUT2D eigenvalue weighted by molar-refractivity contribution is 5.36. The Hall–Kier alpha value is -1.94. The Morgan fingerprint density at radius 2 is 1.75 bits per heavy atom. The molecule has 0 saturated heterocycles. The van der Waals surface area contributed by atoms with Crippen LogP contribution in [0.4, 0.5) is 5.82 Å². The van der Waals surface area contributed by atoms with E-state index in [-0.39, 0.29) is 0 Å². The van der Waals surface area contributed by atoms with Gasteiger partial charge in [-0.05, 0) is 25.8 Å². The van der Waals surface area contributed by atoms with E-state index in [2.05, 4.69) is 54.4 Å². The first-order valence-electron chi connectivity index (χ1n) is 7.01. The summed E-state index contributed by atoms with van der Waals surface area (Å²) in [5, 5.41) is 0. The fourth-order valence-corrected chi connectivity index (χ4v) is 2.44. The maximum Gasteiger partial charge on any atom is 0.143 e. The number of aromatic nitrogens is 2. The van der Waals surface area contributed by atoms with Gasteiger partial charge in [0.15, 0.2) is 0 Å². The summed E-state index contributed by atoms with van der Waals surface area (Å²) < 4.78 is 0. The van der Waals surface area contributed by atoms with Crippen LogP contribution in [0.5, 0.6) is 0 Å². The minimum absolute atomic E-state index is 0.683. The van der Waals surface area contributed by atoms with Gasteiger partial charge in [0.2, 0.25) is 0 Å². The van der Waals surface area contributed by atoms with Crippen LogP contribution in [-0.4, -0.2) is 9.97 Å². The van der Waals surface area contributed by atoms with E-state index in [0.717, 1.165) is 30.8 Å². The van der Waals surface area contributed by atoms with Crippen molar-refractivity contribution in [2.24, 2.45) is 5.84 Å². The summed E-state index contributed by atoms with van der Waals surface area (Å²) in [6.07, 6.45) is 2.73. The van der Waals surface area contributed by atoms with Crippen molar-refractivity contribution in [2.75, 3.05) is 5.43 Å². The summed E-state index contributed by atoms with van der Waals surface area (Å²) in [5.74, 6) is 6.98. The molecule has 3 N–H and O–H groups in total. The number of hydrazine groups is 1. The Morgan fingerprint density at radius 1 is 1.05 bits per heavy atom. The van der Waals surface area contributed by atoms with Gasteiger partial charge in [-0.1, -0.05) is 42.7 Å². The molecule has 0 fully saturated rings. The molecule has 1 aromatic carbocycles. The third kappa shape index (κ3) is 3.78. The maximum atomic E-state index is 5.49. The molecule has 0 atom stereocenters. The molecule has 0 unspecified atom stereocenters. The quantitative estimate of drug-likeness (QED) is 0.647. The Morgan fingerprint density at radius 3 is 2.35 bits per heavy atom. The van der Waals surface area contributed by atoms with Crippen LogP contribution in [0.25, 0.3) is 0 Å². The van der Waals surface area contributed by atoms with Crippen molar-refractivity contribution in [3.05, 3.63) is 52.5 Å². The van der Waals surface area contributed by atoms with Gasteiger partial charge in [-0.3, -0.25) is 0 Å². The summed E-state index contributed by atoms with van der Waals surface area (Å²) in [6.45, 7) is 6.36. The highest BCUT2D eigenvalue weighted by Crippen LogP contribution is 2.14. The zero-order valence-corrected chi connectivity index (χ0v) is 12.4. The molecule has 106 valence electrons. The average molecular weight is 270 g/mol. The van der Waals surface area contributed by atoms with Crippen molar-refractivity contribution in [1.29, 1.82) is 0 Å². The van der Waals surface area contributed by atoms with Gasteiger partial charge >= 0.3 is 0 Å². The lowest BCUT2D eigenvalue weighted by Gasteiger charge is -2.08. The molecule has 4 heteroatoms. The molecule has 1 heterocycles. The average Bonchev–Trinajstić information content (AvgIpc) is 2.37. The third-order valence-electron chi connectivity index (χ3n) is 3.12. The van der Waals surface area contributed by atoms with Crippen molar-refractivity contribution in [3.63, 3.8) is 0 Å². The van der Waals surface area contributed by atoms with E-state index in [1.807, 2.05) is 6.07 Å². The van der Waals surface area contributed by atoms with E-state index < -0.39 is 0 Å². The summed E-state index contributed by atoms with van der Waals surface area (Å²) >= 11 is 0. The number of nitrogen functional groups attached to an aromatic ring is 1. The van der Waals surface area contributed by atoms with E-state index >= 15 is 0 Å². The van der Waals surface area contributed by atoms with Crippen LogP contribution in [0.2, 0.25) is 0 Å². The summed E-state index contributed by atoms with van der Waals surface area (Å²) in [5.41, 5.74) is 7.43. The fraction of sp³-hybridized carbons (Fsp3) is 0.375. The van der Waals surface area contributed by atoms with E-state index in [9.17, 15) is 0 Å². The zero-order valence-electron chi connectivity index (χ0n) is 12.4. The monoisotopic (exact) mass is 270 g/mol. The Bertz CT molecular complexity index is 573. The second-order valence-electron chi connectivity index (χ2n) is 5.23. The molecule has 0 aliphatic carbocycles. The Kier molecular flexibility index (Phi) is 4.69. The fourth-order valence-electron chi connectivity index (χ4n) is 2.44. The van der Waals surface area contributed by atoms with Crippen molar-refractivity contribution >= 4 is 5.82 Å². The van der Waals surface area contributed by atoms with Crippen LogP contribution < -0.4 is 11.3 Å². The first-order valence-corrected chi connectivity index (χ1v) is 7.01. The minimum atomic E-state index is 0.683. The molecule has 2 rings (SSSR count). The molecule has 0 bridgehead atoms. The van der Waals surface area contributed by atoms with Gasteiger partial charge in [0.25, 0.3) is 0 Å². The van der Waals surface area contributed by atoms with E-state index in [1.165, 1.54) is 16.7 Å². The molecule has 0 radical (unpaired) electrons. The topological polar surface area (TPSA) is 63.8 Å². The molecule has 4 nitrogen and oxygen atoms in total. The van der Waals surface area contributed by atoms with Gasteiger partial charge in [0.1, 0.15) is 11.6 Å². The number of nitrogens with zero attached hydrogens (tertiary/aromatic N) is 2. The van der Waals surface area contributed by atoms with Crippen LogP contribution in [0, 0.1) is 13.8 Å². The zero-order chi connectivity index (χ0) is 14.5. The number of benzene rings is 1. The normalized spacial score (nSPS) is 10.6. The van der Waals surface area contributed by atoms with Crippen LogP contribution in [0.3, 0.4) is 0 Å². The highest BCUT2D eigenvalue weighted by Gasteiger charge is 2.06. The number of anilines is 1. The summed E-state index contributed by atoms with van der Waals surface area (Å²) in [4.78, 5) is 9.06. The number of aryl methyl sites for hydroxylation is 3. The highest BCUT2D eigenvalue weighted by atomic mass is 15.3. The lowest BCUT2D eigenvalue weighted by atomic mass is 10.0. The van der Waals surface area contributed by atoms with Gasteiger partial charge in [-0.15, -0.1) is 0 Å². The minimum Gasteiger partial charge on any atom is -0.308 e. The second-order valence-corrected chi connectivity index (χ2v) is 5.23. The molecule has 0 saturated carbocycles. The first kappa shape index (κ1) is 14.5. The van der Waals surface area contributed by atoms with Crippen molar-refractivity contribution in [1.82, 2.24) is 9.97 Å². The molecule has 2 aromatic rings. The Balaban J connectivity index is 2.29. The van der Waals surface area contributed by atoms with Crippen LogP contribution >= 0.6 is 0 Å². The lowest BCUT2D eigenvalue weighted by Crippen LogP contribution is -2.12. The van der Waals surface area contributed by atoms with Gasteiger partial charge in [-0.25, -0.2) is 15.8 Å². The molecule has 0 aliphatic rings. The van der Waals surface area contributed by atoms with Gasteiger partial charge < -0.3 is 5.43 Å². The predicted molar refractivity (Wildman–Crippen MR) is 82.6 cm³/mol. The number of nitrogens with one attached hydrogen (secondary N) is 1. The van der Waals surface area contributed by atoms with Crippen LogP contribution in [-0.2, 0) is 12.8 Å². The molecule has 0 spiro atoms. The lowest BCUT2D eigenvalue weighted by molar-refractivity contribution is 0.841.